The van der Waals surface area contributed by atoms with E-state index in [1.54, 1.807) is 12.1 Å². The average Bonchev–Trinajstić information content (AvgIpc) is 2.77. The largest absolute Gasteiger partial charge is 2.00 e. The summed E-state index contributed by atoms with van der Waals surface area (Å²) in [5.74, 6) is -3.56. The Bertz CT molecular complexity index is 1120. The Balaban J connectivity index is 0.00000408. The minimum atomic E-state index is -1.32. The fourth-order valence-corrected chi connectivity index (χ4v) is 3.25. The minimum Gasteiger partial charge on any atom is -1.00 e. The van der Waals surface area contributed by atoms with Crippen molar-refractivity contribution in [3.05, 3.63) is 40.2 Å². The Morgan fingerprint density at radius 2 is 1.91 bits per heavy atom. The van der Waals surface area contributed by atoms with Crippen LogP contribution in [-0.2, 0) is 9.59 Å². The van der Waals surface area contributed by atoms with Gasteiger partial charge in [-0.3, -0.25) is 19.4 Å². The molecule has 1 aromatic carbocycles. The van der Waals surface area contributed by atoms with Crippen LogP contribution in [0.5, 0.6) is 0 Å². The summed E-state index contributed by atoms with van der Waals surface area (Å²) < 4.78 is 0. The number of hydrogen-bond acceptors (Lipinski definition) is 9. The van der Waals surface area contributed by atoms with Crippen LogP contribution in [0.15, 0.2) is 29.1 Å². The summed E-state index contributed by atoms with van der Waals surface area (Å²) in [6, 6.07) is 4.92. The van der Waals surface area contributed by atoms with Crippen LogP contribution in [0.1, 0.15) is 26.6 Å². The van der Waals surface area contributed by atoms with E-state index >= 15 is 0 Å². The van der Waals surface area contributed by atoms with Gasteiger partial charge in [0.1, 0.15) is 11.7 Å². The minimum absolute atomic E-state index is 0. The first-order valence-electron chi connectivity index (χ1n) is 10.1. The van der Waals surface area contributed by atoms with Gasteiger partial charge in [-0.05, 0) is 30.7 Å². The van der Waals surface area contributed by atoms with Gasteiger partial charge in [-0.15, -0.1) is 0 Å². The number of nitrogens with two attached hydrogens (primary N) is 1. The first-order valence-corrected chi connectivity index (χ1v) is 10.1. The van der Waals surface area contributed by atoms with Crippen molar-refractivity contribution in [3.8, 4) is 0 Å². The Morgan fingerprint density at radius 3 is 2.53 bits per heavy atom. The summed E-state index contributed by atoms with van der Waals surface area (Å²) in [6.45, 7) is 2.33. The molecule has 14 heteroatoms. The van der Waals surface area contributed by atoms with Gasteiger partial charge in [-0.25, -0.2) is 4.79 Å². The van der Waals surface area contributed by atoms with E-state index in [1.807, 2.05) is 0 Å². The molecule has 2 aromatic rings. The summed E-state index contributed by atoms with van der Waals surface area (Å²) in [5.41, 5.74) is 6.40. The maximum absolute atomic E-state index is 12.4. The van der Waals surface area contributed by atoms with Crippen molar-refractivity contribution in [3.63, 3.8) is 0 Å². The molecule has 0 bridgehead atoms. The SMILES string of the molecule is CC(CC(NC(=O)c1ccc(NCC2CNc3nc(N)[nH]c(=O)c3N2)cc1)C(=O)O)C(=O)O.[Ca+2].[H-].[H-]. The molecular formula is C20H27CaN7O6. The molecule has 0 saturated heterocycles. The maximum Gasteiger partial charge on any atom is 2.00 e. The normalized spacial score (nSPS) is 15.9. The van der Waals surface area contributed by atoms with E-state index in [-0.39, 0.29) is 70.1 Å². The van der Waals surface area contributed by atoms with Gasteiger partial charge in [0.15, 0.2) is 5.82 Å². The number of anilines is 4. The summed E-state index contributed by atoms with van der Waals surface area (Å²) in [5, 5.41) is 29.9. The van der Waals surface area contributed by atoms with Gasteiger partial charge in [0.2, 0.25) is 5.95 Å². The zero-order chi connectivity index (χ0) is 24.1. The number of nitrogens with one attached hydrogen (secondary N) is 5. The Hall–Kier alpha value is -3.03. The number of hydrogen-bond donors (Lipinski definition) is 8. The first kappa shape index (κ1) is 27.2. The third-order valence-corrected chi connectivity index (χ3v) is 5.12. The van der Waals surface area contributed by atoms with Crippen LogP contribution < -0.4 is 32.6 Å². The van der Waals surface area contributed by atoms with Crippen molar-refractivity contribution in [1.29, 1.82) is 0 Å². The molecule has 0 radical (unpaired) electrons. The molecule has 9 N–H and O–H groups in total. The Labute approximate surface area is 226 Å². The van der Waals surface area contributed by atoms with E-state index in [0.717, 1.165) is 0 Å². The van der Waals surface area contributed by atoms with E-state index < -0.39 is 29.8 Å². The number of carboxylic acid groups (broad SMARTS) is 2. The third kappa shape index (κ3) is 6.98. The second-order valence-electron chi connectivity index (χ2n) is 7.69. The molecule has 3 unspecified atom stereocenters. The molecule has 1 aromatic heterocycles. The molecule has 2 heterocycles. The molecule has 0 saturated carbocycles. The summed E-state index contributed by atoms with van der Waals surface area (Å²) in [6.07, 6.45) is -0.230. The number of aromatic nitrogens is 2. The van der Waals surface area contributed by atoms with Crippen LogP contribution >= 0.6 is 0 Å². The third-order valence-electron chi connectivity index (χ3n) is 5.12. The predicted octanol–water partition coefficient (Wildman–Crippen LogP) is -0.192. The fourth-order valence-electron chi connectivity index (χ4n) is 3.25. The van der Waals surface area contributed by atoms with Crippen molar-refractivity contribution in [2.45, 2.75) is 25.4 Å². The van der Waals surface area contributed by atoms with Gasteiger partial charge in [0.05, 0.1) is 12.0 Å². The van der Waals surface area contributed by atoms with E-state index in [1.165, 1.54) is 19.1 Å². The number of aromatic amines is 1. The molecule has 0 fully saturated rings. The van der Waals surface area contributed by atoms with Crippen molar-refractivity contribution < 1.29 is 27.4 Å². The van der Waals surface area contributed by atoms with Gasteiger partial charge < -0.3 is 40.1 Å². The smallest absolute Gasteiger partial charge is 1.00 e. The molecule has 13 nitrogen and oxygen atoms in total. The quantitative estimate of drug-likeness (QED) is 0.211. The first-order chi connectivity index (χ1) is 15.6. The van der Waals surface area contributed by atoms with Gasteiger partial charge in [0.25, 0.3) is 11.5 Å². The topological polar surface area (TPSA) is 212 Å². The second kappa shape index (κ2) is 11.9. The number of carboxylic acids is 2. The maximum atomic E-state index is 12.4. The predicted molar refractivity (Wildman–Crippen MR) is 128 cm³/mol. The zero-order valence-corrected chi connectivity index (χ0v) is 20.6. The monoisotopic (exact) mass is 501 g/mol. The molecule has 1 aliphatic rings. The number of rotatable bonds is 9. The van der Waals surface area contributed by atoms with Crippen molar-refractivity contribution in [2.75, 3.05) is 34.8 Å². The molecule has 0 spiro atoms. The van der Waals surface area contributed by atoms with Crippen LogP contribution in [0.2, 0.25) is 0 Å². The molecule has 3 atom stereocenters. The standard InChI is InChI=1S/C20H25N7O6.Ca.2H/c1-9(18(30)31)6-13(19(32)33)25-16(28)10-2-4-11(5-3-10)22-7-12-8-23-15-14(24-12)17(29)27-20(21)26-15;;;/h2-5,9,12-13,22,24H,6-8H2,1H3,(H,25,28)(H,30,31)(H,32,33)(H4,21,23,26,27,29);;;/q;+2;2*-1. The van der Waals surface area contributed by atoms with Gasteiger partial charge in [-0.2, -0.15) is 4.98 Å². The number of fused-ring (bicyclic) bond motifs is 1. The van der Waals surface area contributed by atoms with Crippen LogP contribution in [0, 0.1) is 5.92 Å². The summed E-state index contributed by atoms with van der Waals surface area (Å²) in [7, 11) is 0. The van der Waals surface area contributed by atoms with Crippen LogP contribution in [-0.4, -0.2) is 101 Å². The molecule has 34 heavy (non-hydrogen) atoms. The Kier molecular flexibility index (Phi) is 9.53. The fraction of sp³-hybridized carbons (Fsp3) is 0.350. The van der Waals surface area contributed by atoms with Crippen LogP contribution in [0.3, 0.4) is 0 Å². The van der Waals surface area contributed by atoms with Crippen molar-refractivity contribution in [2.24, 2.45) is 5.92 Å². The summed E-state index contributed by atoms with van der Waals surface area (Å²) >= 11 is 0. The Morgan fingerprint density at radius 1 is 1.24 bits per heavy atom. The molecule has 3 rings (SSSR count). The van der Waals surface area contributed by atoms with Crippen LogP contribution in [0.25, 0.3) is 0 Å². The van der Waals surface area contributed by atoms with E-state index in [4.69, 9.17) is 10.8 Å². The van der Waals surface area contributed by atoms with E-state index in [9.17, 15) is 24.3 Å². The number of H-pyrrole nitrogens is 1. The van der Waals surface area contributed by atoms with E-state index in [2.05, 4.69) is 31.2 Å². The number of carbonyl (C=O) groups excluding carboxylic acids is 1. The number of amides is 1. The number of aliphatic carboxylic acids is 2. The second-order valence-corrected chi connectivity index (χ2v) is 7.69. The molecular weight excluding hydrogens is 474 g/mol. The molecule has 180 valence electrons. The van der Waals surface area contributed by atoms with Gasteiger partial charge in [-0.1, -0.05) is 6.92 Å². The molecule has 1 aliphatic heterocycles. The van der Waals surface area contributed by atoms with Crippen LogP contribution in [0.4, 0.5) is 23.1 Å². The molecule has 0 aliphatic carbocycles. The summed E-state index contributed by atoms with van der Waals surface area (Å²) in [4.78, 5) is 53.2. The number of nitrogens with zero attached hydrogens (tertiary/aromatic N) is 1. The number of carbonyl (C=O) groups is 3. The number of benzene rings is 1. The van der Waals surface area contributed by atoms with E-state index in [0.29, 0.717) is 30.3 Å². The van der Waals surface area contributed by atoms with Gasteiger partial charge >= 0.3 is 49.7 Å². The van der Waals surface area contributed by atoms with Crippen molar-refractivity contribution in [1.82, 2.24) is 15.3 Å². The van der Waals surface area contributed by atoms with Crippen molar-refractivity contribution >= 4 is 78.7 Å². The zero-order valence-electron chi connectivity index (χ0n) is 20.4. The number of nitrogen functional groups attached to an aromatic ring is 1. The molecule has 1 amide bonds. The van der Waals surface area contributed by atoms with Gasteiger partial charge in [0, 0.05) is 24.3 Å². The average molecular weight is 502 g/mol.